The van der Waals surface area contributed by atoms with Crippen molar-refractivity contribution in [3.05, 3.63) is 34.1 Å². The van der Waals surface area contributed by atoms with Crippen molar-refractivity contribution in [1.29, 1.82) is 0 Å². The van der Waals surface area contributed by atoms with Crippen LogP contribution in [0.15, 0.2) is 18.2 Å². The summed E-state index contributed by atoms with van der Waals surface area (Å²) in [5.41, 5.74) is 0.0580. The van der Waals surface area contributed by atoms with Crippen molar-refractivity contribution in [2.75, 3.05) is 25.1 Å². The number of nitro benzene ring substituents is 1. The zero-order valence-electron chi connectivity index (χ0n) is 9.19. The molecule has 1 aromatic carbocycles. The smallest absolute Gasteiger partial charge is 0.271 e. The lowest BCUT2D eigenvalue weighted by Gasteiger charge is -2.11. The van der Waals surface area contributed by atoms with Gasteiger partial charge in [0.1, 0.15) is 5.82 Å². The SMILES string of the molecule is O=[N+]([O-])c1ccc(F)c(NCC2CCOC2)c1. The molecule has 1 saturated heterocycles. The summed E-state index contributed by atoms with van der Waals surface area (Å²) in [6, 6.07) is 3.47. The third kappa shape index (κ3) is 2.91. The Morgan fingerprint density at radius 1 is 1.59 bits per heavy atom. The van der Waals surface area contributed by atoms with E-state index in [-0.39, 0.29) is 11.4 Å². The van der Waals surface area contributed by atoms with E-state index in [0.29, 0.717) is 19.1 Å². The Morgan fingerprint density at radius 2 is 2.41 bits per heavy atom. The van der Waals surface area contributed by atoms with Crippen molar-refractivity contribution in [3.63, 3.8) is 0 Å². The molecule has 1 atom stereocenters. The topological polar surface area (TPSA) is 64.4 Å². The van der Waals surface area contributed by atoms with Crippen LogP contribution in [0.25, 0.3) is 0 Å². The lowest BCUT2D eigenvalue weighted by Crippen LogP contribution is -2.14. The quantitative estimate of drug-likeness (QED) is 0.647. The van der Waals surface area contributed by atoms with Gasteiger partial charge < -0.3 is 10.1 Å². The van der Waals surface area contributed by atoms with Crippen LogP contribution in [0.1, 0.15) is 6.42 Å². The molecule has 1 aromatic rings. The number of nitrogens with zero attached hydrogens (tertiary/aromatic N) is 1. The molecule has 1 aliphatic heterocycles. The maximum absolute atomic E-state index is 13.4. The van der Waals surface area contributed by atoms with Crippen molar-refractivity contribution in [3.8, 4) is 0 Å². The molecule has 0 saturated carbocycles. The van der Waals surface area contributed by atoms with Crippen molar-refractivity contribution in [2.24, 2.45) is 5.92 Å². The number of rotatable bonds is 4. The molecule has 17 heavy (non-hydrogen) atoms. The highest BCUT2D eigenvalue weighted by Crippen LogP contribution is 2.22. The summed E-state index contributed by atoms with van der Waals surface area (Å²) in [4.78, 5) is 10.0. The first-order valence-corrected chi connectivity index (χ1v) is 5.42. The number of ether oxygens (including phenoxy) is 1. The lowest BCUT2D eigenvalue weighted by molar-refractivity contribution is -0.384. The fourth-order valence-corrected chi connectivity index (χ4v) is 1.76. The van der Waals surface area contributed by atoms with Crippen LogP contribution in [0.4, 0.5) is 15.8 Å². The number of nitrogens with one attached hydrogen (secondary N) is 1. The van der Waals surface area contributed by atoms with Gasteiger partial charge in [0.2, 0.25) is 0 Å². The van der Waals surface area contributed by atoms with Gasteiger partial charge in [0, 0.05) is 31.2 Å². The number of halogens is 1. The summed E-state index contributed by atoms with van der Waals surface area (Å²) in [6.07, 6.45) is 0.934. The zero-order chi connectivity index (χ0) is 12.3. The summed E-state index contributed by atoms with van der Waals surface area (Å²) < 4.78 is 18.6. The lowest BCUT2D eigenvalue weighted by atomic mass is 10.1. The van der Waals surface area contributed by atoms with E-state index in [1.54, 1.807) is 0 Å². The molecule has 1 aliphatic rings. The monoisotopic (exact) mass is 240 g/mol. The Morgan fingerprint density at radius 3 is 3.06 bits per heavy atom. The summed E-state index contributed by atoms with van der Waals surface area (Å²) in [5, 5.41) is 13.5. The van der Waals surface area contributed by atoms with Gasteiger partial charge in [0.05, 0.1) is 17.2 Å². The largest absolute Gasteiger partial charge is 0.382 e. The first-order chi connectivity index (χ1) is 8.16. The van der Waals surface area contributed by atoms with Crippen LogP contribution < -0.4 is 5.32 Å². The van der Waals surface area contributed by atoms with Crippen LogP contribution in [0.2, 0.25) is 0 Å². The molecule has 0 aromatic heterocycles. The van der Waals surface area contributed by atoms with E-state index in [2.05, 4.69) is 5.32 Å². The van der Waals surface area contributed by atoms with E-state index in [0.717, 1.165) is 25.2 Å². The highest BCUT2D eigenvalue weighted by molar-refractivity contribution is 5.52. The van der Waals surface area contributed by atoms with Crippen LogP contribution in [0.5, 0.6) is 0 Å². The third-order valence-electron chi connectivity index (χ3n) is 2.77. The van der Waals surface area contributed by atoms with Crippen LogP contribution in [-0.2, 0) is 4.74 Å². The molecule has 0 radical (unpaired) electrons. The minimum Gasteiger partial charge on any atom is -0.382 e. The number of hydrogen-bond acceptors (Lipinski definition) is 4. The molecular weight excluding hydrogens is 227 g/mol. The normalized spacial score (nSPS) is 19.2. The Labute approximate surface area is 97.7 Å². The Bertz CT molecular complexity index is 419. The Kier molecular flexibility index (Phi) is 3.53. The molecule has 1 fully saturated rings. The maximum Gasteiger partial charge on any atom is 0.271 e. The summed E-state index contributed by atoms with van der Waals surface area (Å²) in [6.45, 7) is 1.95. The summed E-state index contributed by atoms with van der Waals surface area (Å²) >= 11 is 0. The number of anilines is 1. The molecule has 5 nitrogen and oxygen atoms in total. The second-order valence-electron chi connectivity index (χ2n) is 4.03. The number of benzene rings is 1. The second kappa shape index (κ2) is 5.09. The van der Waals surface area contributed by atoms with Gasteiger partial charge in [0.25, 0.3) is 5.69 Å². The van der Waals surface area contributed by atoms with Crippen LogP contribution in [0.3, 0.4) is 0 Å². The van der Waals surface area contributed by atoms with Gasteiger partial charge in [-0.3, -0.25) is 10.1 Å². The van der Waals surface area contributed by atoms with Crippen LogP contribution >= 0.6 is 0 Å². The Hall–Kier alpha value is -1.69. The average molecular weight is 240 g/mol. The molecule has 0 aliphatic carbocycles. The van der Waals surface area contributed by atoms with Crippen molar-refractivity contribution in [1.82, 2.24) is 0 Å². The molecule has 6 heteroatoms. The fourth-order valence-electron chi connectivity index (χ4n) is 1.76. The first-order valence-electron chi connectivity index (χ1n) is 5.42. The maximum atomic E-state index is 13.4. The van der Waals surface area contributed by atoms with E-state index in [9.17, 15) is 14.5 Å². The minimum atomic E-state index is -0.538. The van der Waals surface area contributed by atoms with E-state index < -0.39 is 10.7 Å². The van der Waals surface area contributed by atoms with E-state index in [1.165, 1.54) is 6.07 Å². The van der Waals surface area contributed by atoms with Crippen molar-refractivity contribution in [2.45, 2.75) is 6.42 Å². The molecule has 92 valence electrons. The molecule has 1 heterocycles. The second-order valence-corrected chi connectivity index (χ2v) is 4.03. The third-order valence-corrected chi connectivity index (χ3v) is 2.77. The van der Waals surface area contributed by atoms with E-state index >= 15 is 0 Å². The average Bonchev–Trinajstić information content (AvgIpc) is 2.80. The highest BCUT2D eigenvalue weighted by Gasteiger charge is 2.17. The number of nitro groups is 1. The van der Waals surface area contributed by atoms with Gasteiger partial charge in [-0.2, -0.15) is 0 Å². The number of non-ortho nitro benzene ring substituents is 1. The molecule has 2 rings (SSSR count). The predicted molar refractivity (Wildman–Crippen MR) is 60.5 cm³/mol. The van der Waals surface area contributed by atoms with Crippen LogP contribution in [-0.4, -0.2) is 24.7 Å². The van der Waals surface area contributed by atoms with Gasteiger partial charge in [-0.25, -0.2) is 4.39 Å². The standard InChI is InChI=1S/C11H13FN2O3/c12-10-2-1-9(14(15)16)5-11(10)13-6-8-3-4-17-7-8/h1-2,5,8,13H,3-4,6-7H2. The van der Waals surface area contributed by atoms with Crippen molar-refractivity contribution < 1.29 is 14.1 Å². The molecule has 0 amide bonds. The zero-order valence-corrected chi connectivity index (χ0v) is 9.19. The van der Waals surface area contributed by atoms with Gasteiger partial charge in [-0.15, -0.1) is 0 Å². The van der Waals surface area contributed by atoms with E-state index in [1.807, 2.05) is 0 Å². The van der Waals surface area contributed by atoms with Gasteiger partial charge in [-0.05, 0) is 12.5 Å². The molecule has 1 unspecified atom stereocenters. The molecule has 0 spiro atoms. The first kappa shape index (κ1) is 11.8. The minimum absolute atomic E-state index is 0.114. The van der Waals surface area contributed by atoms with E-state index in [4.69, 9.17) is 4.74 Å². The molecule has 1 N–H and O–H groups in total. The fraction of sp³-hybridized carbons (Fsp3) is 0.455. The predicted octanol–water partition coefficient (Wildman–Crippen LogP) is 2.18. The van der Waals surface area contributed by atoms with Gasteiger partial charge in [0.15, 0.2) is 0 Å². The molecule has 0 bridgehead atoms. The molecular formula is C11H13FN2O3. The number of hydrogen-bond donors (Lipinski definition) is 1. The van der Waals surface area contributed by atoms with Crippen LogP contribution in [0, 0.1) is 21.8 Å². The Balaban J connectivity index is 2.03. The van der Waals surface area contributed by atoms with Crippen molar-refractivity contribution >= 4 is 11.4 Å². The van der Waals surface area contributed by atoms with Gasteiger partial charge >= 0.3 is 0 Å². The summed E-state index contributed by atoms with van der Waals surface area (Å²) in [5.74, 6) is -0.136. The van der Waals surface area contributed by atoms with Gasteiger partial charge in [-0.1, -0.05) is 0 Å². The summed E-state index contributed by atoms with van der Waals surface area (Å²) in [7, 11) is 0. The highest BCUT2D eigenvalue weighted by atomic mass is 19.1.